The second-order valence-electron chi connectivity index (χ2n) is 6.67. The van der Waals surface area contributed by atoms with Crippen LogP contribution in [0.1, 0.15) is 18.9 Å². The van der Waals surface area contributed by atoms with Gasteiger partial charge in [0.25, 0.3) is 5.69 Å². The summed E-state index contributed by atoms with van der Waals surface area (Å²) >= 11 is 0. The molecule has 0 aliphatic carbocycles. The number of ether oxygens (including phenoxy) is 1. The predicted octanol–water partition coefficient (Wildman–Crippen LogP) is 3.24. The molecule has 0 radical (unpaired) electrons. The summed E-state index contributed by atoms with van der Waals surface area (Å²) in [6.45, 7) is 1.58. The normalized spacial score (nSPS) is 13.7. The Hall–Kier alpha value is -3.04. The van der Waals surface area contributed by atoms with E-state index >= 15 is 0 Å². The summed E-state index contributed by atoms with van der Waals surface area (Å²) in [5.41, 5.74) is 0.571. The first-order chi connectivity index (χ1) is 14.2. The summed E-state index contributed by atoms with van der Waals surface area (Å²) in [7, 11) is -2.83. The Balaban J connectivity index is 2.10. The average Bonchev–Trinajstić information content (AvgIpc) is 2.73. The lowest BCUT2D eigenvalue weighted by Crippen LogP contribution is -2.32. The minimum atomic E-state index is -4.12. The molecule has 0 amide bonds. The van der Waals surface area contributed by atoms with Gasteiger partial charge in [0, 0.05) is 12.1 Å². The van der Waals surface area contributed by atoms with E-state index in [1.807, 2.05) is 30.3 Å². The Morgan fingerprint density at radius 1 is 1.13 bits per heavy atom. The molecule has 0 aliphatic heterocycles. The number of rotatable bonds is 10. The van der Waals surface area contributed by atoms with E-state index in [1.54, 1.807) is 19.1 Å². The summed E-state index contributed by atoms with van der Waals surface area (Å²) in [6, 6.07) is 14.1. The number of carbonyl (C=O) groups excluding carboxylic acids is 1. The van der Waals surface area contributed by atoms with E-state index < -0.39 is 43.5 Å². The number of nitrogens with one attached hydrogen (secondary N) is 1. The van der Waals surface area contributed by atoms with Gasteiger partial charge >= 0.3 is 5.97 Å². The topological polar surface area (TPSA) is 116 Å². The first-order valence-corrected chi connectivity index (χ1v) is 10.8. The zero-order valence-corrected chi connectivity index (χ0v) is 17.5. The number of carbonyl (C=O) groups is 1. The van der Waals surface area contributed by atoms with Gasteiger partial charge in [-0.1, -0.05) is 54.6 Å². The summed E-state index contributed by atoms with van der Waals surface area (Å²) in [4.78, 5) is 22.0. The summed E-state index contributed by atoms with van der Waals surface area (Å²) in [5, 5.41) is 11.1. The fraction of sp³-hybridized carbons (Fsp3) is 0.286. The monoisotopic (exact) mass is 432 g/mol. The van der Waals surface area contributed by atoms with Gasteiger partial charge in [-0.15, -0.1) is 0 Å². The molecule has 1 N–H and O–H groups in total. The first kappa shape index (κ1) is 23.2. The van der Waals surface area contributed by atoms with Gasteiger partial charge in [0.05, 0.1) is 18.0 Å². The van der Waals surface area contributed by atoms with Crippen LogP contribution in [0.2, 0.25) is 0 Å². The van der Waals surface area contributed by atoms with E-state index in [0.29, 0.717) is 12.8 Å². The smallest absolute Gasteiger partial charge is 0.312 e. The van der Waals surface area contributed by atoms with Crippen molar-refractivity contribution in [3.05, 3.63) is 82.4 Å². The van der Waals surface area contributed by atoms with Gasteiger partial charge in [-0.2, -0.15) is 0 Å². The van der Waals surface area contributed by atoms with Crippen LogP contribution in [-0.2, 0) is 26.0 Å². The lowest BCUT2D eigenvalue weighted by Gasteiger charge is -2.13. The number of nitro groups is 1. The average molecular weight is 432 g/mol. The second kappa shape index (κ2) is 10.7. The van der Waals surface area contributed by atoms with Crippen molar-refractivity contribution in [2.45, 2.75) is 30.7 Å². The first-order valence-electron chi connectivity index (χ1n) is 9.30. The van der Waals surface area contributed by atoms with Crippen LogP contribution in [0.4, 0.5) is 5.69 Å². The highest BCUT2D eigenvalue weighted by molar-refractivity contribution is 7.89. The molecule has 30 heavy (non-hydrogen) atoms. The van der Waals surface area contributed by atoms with Crippen molar-refractivity contribution in [2.24, 2.45) is 5.92 Å². The van der Waals surface area contributed by atoms with Crippen LogP contribution in [0.5, 0.6) is 0 Å². The number of nitro benzene ring substituents is 1. The lowest BCUT2D eigenvalue weighted by atomic mass is 9.98. The molecule has 2 atom stereocenters. The molecule has 0 unspecified atom stereocenters. The zero-order chi connectivity index (χ0) is 22.1. The van der Waals surface area contributed by atoms with Gasteiger partial charge in [-0.3, -0.25) is 14.9 Å². The maximum atomic E-state index is 12.6. The molecule has 9 heteroatoms. The number of esters is 1. The maximum Gasteiger partial charge on any atom is 0.312 e. The van der Waals surface area contributed by atoms with Crippen molar-refractivity contribution in [3.8, 4) is 0 Å². The third-order valence-corrected chi connectivity index (χ3v) is 6.02. The molecular weight excluding hydrogens is 408 g/mol. The minimum Gasteiger partial charge on any atom is -0.469 e. The third kappa shape index (κ3) is 6.50. The minimum absolute atomic E-state index is 0.413. The Morgan fingerprint density at radius 2 is 1.77 bits per heavy atom. The van der Waals surface area contributed by atoms with E-state index in [4.69, 9.17) is 4.74 Å². The number of hydrogen-bond donors (Lipinski definition) is 1. The Kier molecular flexibility index (Phi) is 8.25. The highest BCUT2D eigenvalue weighted by Crippen LogP contribution is 2.23. The van der Waals surface area contributed by atoms with Crippen molar-refractivity contribution in [3.63, 3.8) is 0 Å². The Labute approximate surface area is 175 Å². The second-order valence-corrected chi connectivity index (χ2v) is 8.36. The Morgan fingerprint density at radius 3 is 2.40 bits per heavy atom. The van der Waals surface area contributed by atoms with E-state index in [0.717, 1.165) is 11.6 Å². The maximum absolute atomic E-state index is 12.6. The van der Waals surface area contributed by atoms with Gasteiger partial charge in [-0.25, -0.2) is 13.1 Å². The molecule has 160 valence electrons. The number of sulfonamides is 1. The number of aryl methyl sites for hydroxylation is 1. The molecule has 0 bridgehead atoms. The van der Waals surface area contributed by atoms with Crippen molar-refractivity contribution in [2.75, 3.05) is 7.11 Å². The fourth-order valence-corrected chi connectivity index (χ4v) is 4.27. The van der Waals surface area contributed by atoms with Crippen LogP contribution in [0.3, 0.4) is 0 Å². The zero-order valence-electron chi connectivity index (χ0n) is 16.7. The highest BCUT2D eigenvalue weighted by atomic mass is 32.2. The number of nitrogens with zero attached hydrogens (tertiary/aromatic N) is 1. The van der Waals surface area contributed by atoms with E-state index in [-0.39, 0.29) is 0 Å². The molecule has 2 aromatic rings. The predicted molar refractivity (Wildman–Crippen MR) is 112 cm³/mol. The van der Waals surface area contributed by atoms with Crippen LogP contribution in [0.25, 0.3) is 0 Å². The summed E-state index contributed by atoms with van der Waals surface area (Å²) < 4.78 is 32.4. The van der Waals surface area contributed by atoms with E-state index in [1.165, 1.54) is 25.3 Å². The molecule has 0 saturated carbocycles. The van der Waals surface area contributed by atoms with Crippen molar-refractivity contribution < 1.29 is 22.9 Å². The van der Waals surface area contributed by atoms with Gasteiger partial charge in [-0.05, 0) is 31.4 Å². The number of methoxy groups -OCH3 is 1. The number of para-hydroxylation sites is 1. The molecule has 8 nitrogen and oxygen atoms in total. The molecule has 2 aromatic carbocycles. The molecule has 0 spiro atoms. The summed E-state index contributed by atoms with van der Waals surface area (Å²) in [5.74, 6) is -0.968. The lowest BCUT2D eigenvalue weighted by molar-refractivity contribution is -0.387. The van der Waals surface area contributed by atoms with Crippen molar-refractivity contribution in [1.29, 1.82) is 0 Å². The molecule has 0 aromatic heterocycles. The van der Waals surface area contributed by atoms with Gasteiger partial charge in [0.2, 0.25) is 10.0 Å². The molecule has 0 saturated heterocycles. The molecule has 0 fully saturated rings. The number of benzene rings is 2. The van der Waals surface area contributed by atoms with Crippen molar-refractivity contribution >= 4 is 21.7 Å². The van der Waals surface area contributed by atoms with Crippen molar-refractivity contribution in [1.82, 2.24) is 4.72 Å². The van der Waals surface area contributed by atoms with E-state index in [9.17, 15) is 23.3 Å². The quantitative estimate of drug-likeness (QED) is 0.267. The van der Waals surface area contributed by atoms with Crippen LogP contribution in [-0.4, -0.2) is 32.5 Å². The third-order valence-electron chi connectivity index (χ3n) is 4.42. The van der Waals surface area contributed by atoms with Gasteiger partial charge in [0.1, 0.15) is 0 Å². The van der Waals surface area contributed by atoms with Crippen LogP contribution in [0, 0.1) is 16.0 Å². The van der Waals surface area contributed by atoms with Crippen LogP contribution < -0.4 is 4.72 Å². The molecular formula is C21H24N2O6S. The number of hydrogen-bond acceptors (Lipinski definition) is 6. The van der Waals surface area contributed by atoms with Gasteiger partial charge < -0.3 is 4.74 Å². The standard InChI is InChI=1S/C21H24N2O6S/c1-16(22-30(27,28)20-11-7-6-10-19(20)23(25)26)12-14-18(21(24)29-2)15-13-17-8-4-3-5-9-17/h3-12,14,16,18,22H,13,15H2,1-2H3/b14-12+/t16-,18+/m0/s1. The van der Waals surface area contributed by atoms with Gasteiger partial charge in [0.15, 0.2) is 4.90 Å². The largest absolute Gasteiger partial charge is 0.469 e. The van der Waals surface area contributed by atoms with E-state index in [2.05, 4.69) is 4.72 Å². The highest BCUT2D eigenvalue weighted by Gasteiger charge is 2.26. The van der Waals surface area contributed by atoms with Crippen LogP contribution in [0.15, 0.2) is 71.6 Å². The fourth-order valence-electron chi connectivity index (χ4n) is 2.89. The summed E-state index contributed by atoms with van der Waals surface area (Å²) in [6.07, 6.45) is 4.29. The van der Waals surface area contributed by atoms with Crippen LogP contribution >= 0.6 is 0 Å². The molecule has 2 rings (SSSR count). The Bertz CT molecular complexity index is 1010. The molecule has 0 aliphatic rings. The SMILES string of the molecule is COC(=O)[C@H](/C=C/[C@H](C)NS(=O)(=O)c1ccccc1[N+](=O)[O-])CCc1ccccc1. The molecule has 0 heterocycles.